The van der Waals surface area contributed by atoms with Gasteiger partial charge in [-0.1, -0.05) is 87.8 Å². The second kappa shape index (κ2) is 11.8. The normalized spacial score (nSPS) is 9.12. The predicted molar refractivity (Wildman–Crippen MR) is 106 cm³/mol. The molecule has 0 bridgehead atoms. The largest absolute Gasteiger partial charge is 0.437 e. The van der Waals surface area contributed by atoms with E-state index in [0.29, 0.717) is 11.3 Å². The monoisotopic (exact) mass is 370 g/mol. The van der Waals surface area contributed by atoms with Crippen molar-refractivity contribution >= 4 is 17.4 Å². The molecule has 4 nitrogen and oxygen atoms in total. The first-order valence-corrected chi connectivity index (χ1v) is 8.97. The molecule has 0 aliphatic carbocycles. The molecular formula is C21H23ClN2O2. The Hall–Kier alpha value is -2.72. The number of hydrogen-bond donors (Lipinski definition) is 0. The van der Waals surface area contributed by atoms with E-state index in [4.69, 9.17) is 16.3 Å². The van der Waals surface area contributed by atoms with Crippen molar-refractivity contribution in [3.8, 4) is 11.6 Å². The van der Waals surface area contributed by atoms with Crippen LogP contribution in [-0.2, 0) is 0 Å². The zero-order valence-corrected chi connectivity index (χ0v) is 16.2. The van der Waals surface area contributed by atoms with Crippen LogP contribution in [0.15, 0.2) is 66.9 Å². The number of rotatable bonds is 4. The highest BCUT2D eigenvalue weighted by Gasteiger charge is 2.16. The van der Waals surface area contributed by atoms with Crippen LogP contribution in [0.2, 0.25) is 5.15 Å². The van der Waals surface area contributed by atoms with Crippen molar-refractivity contribution in [1.29, 1.82) is 0 Å². The Bertz CT molecular complexity index is 794. The van der Waals surface area contributed by atoms with Crippen LogP contribution in [-0.4, -0.2) is 15.8 Å². The summed E-state index contributed by atoms with van der Waals surface area (Å²) in [5.41, 5.74) is 0.615. The summed E-state index contributed by atoms with van der Waals surface area (Å²) in [6, 6.07) is 18.0. The predicted octanol–water partition coefficient (Wildman–Crippen LogP) is 6.21. The smallest absolute Gasteiger partial charge is 0.239 e. The van der Waals surface area contributed by atoms with Gasteiger partial charge in [0.1, 0.15) is 11.4 Å². The van der Waals surface area contributed by atoms with Gasteiger partial charge in [0.2, 0.25) is 11.7 Å². The minimum atomic E-state index is -0.274. The number of benzene rings is 2. The second-order valence-electron chi connectivity index (χ2n) is 4.46. The van der Waals surface area contributed by atoms with Crippen molar-refractivity contribution < 1.29 is 9.53 Å². The first-order chi connectivity index (χ1) is 12.7. The first kappa shape index (κ1) is 21.3. The fourth-order valence-corrected chi connectivity index (χ4v) is 2.11. The number of ketones is 1. The van der Waals surface area contributed by atoms with Crippen molar-refractivity contribution in [3.05, 3.63) is 83.3 Å². The lowest BCUT2D eigenvalue weighted by molar-refractivity contribution is 0.103. The summed E-state index contributed by atoms with van der Waals surface area (Å²) in [6.07, 6.45) is 1.38. The number of carbonyl (C=O) groups excluding carboxylic acids is 1. The summed E-state index contributed by atoms with van der Waals surface area (Å²) in [5, 5.41) is 0.0160. The van der Waals surface area contributed by atoms with Gasteiger partial charge in [-0.2, -0.15) is 4.98 Å². The van der Waals surface area contributed by atoms with Crippen LogP contribution in [0.4, 0.5) is 0 Å². The fourth-order valence-electron chi connectivity index (χ4n) is 1.89. The number of carbonyl (C=O) groups is 1. The lowest BCUT2D eigenvalue weighted by Gasteiger charge is -2.06. The van der Waals surface area contributed by atoms with Gasteiger partial charge in [-0.3, -0.25) is 4.79 Å². The molecule has 0 N–H and O–H groups in total. The third kappa shape index (κ3) is 5.97. The molecule has 0 aliphatic rings. The maximum absolute atomic E-state index is 12.3. The van der Waals surface area contributed by atoms with Gasteiger partial charge >= 0.3 is 0 Å². The Morgan fingerprint density at radius 1 is 0.885 bits per heavy atom. The number of para-hydroxylation sites is 1. The molecular weight excluding hydrogens is 348 g/mol. The lowest BCUT2D eigenvalue weighted by Crippen LogP contribution is -2.06. The minimum absolute atomic E-state index is 0.0160. The molecule has 0 spiro atoms. The molecule has 1 heterocycles. The van der Waals surface area contributed by atoms with Crippen molar-refractivity contribution in [3.63, 3.8) is 0 Å². The van der Waals surface area contributed by atoms with E-state index in [9.17, 15) is 4.79 Å². The van der Waals surface area contributed by atoms with Gasteiger partial charge in [-0.05, 0) is 12.1 Å². The van der Waals surface area contributed by atoms with Gasteiger partial charge in [0.15, 0.2) is 5.15 Å². The number of aromatic nitrogens is 2. The summed E-state index contributed by atoms with van der Waals surface area (Å²) in [7, 11) is 0. The molecule has 3 aromatic rings. The summed E-state index contributed by atoms with van der Waals surface area (Å²) < 4.78 is 5.53. The van der Waals surface area contributed by atoms with Gasteiger partial charge < -0.3 is 4.74 Å². The zero-order valence-electron chi connectivity index (χ0n) is 15.4. The molecule has 0 saturated carbocycles. The molecule has 0 amide bonds. The lowest BCUT2D eigenvalue weighted by atomic mass is 10.1. The van der Waals surface area contributed by atoms with E-state index in [1.54, 1.807) is 36.4 Å². The number of halogens is 1. The average molecular weight is 371 g/mol. The highest BCUT2D eigenvalue weighted by molar-refractivity contribution is 6.33. The Balaban J connectivity index is 0.000000791. The molecule has 0 aliphatic heterocycles. The molecule has 26 heavy (non-hydrogen) atoms. The molecule has 5 heteroatoms. The topological polar surface area (TPSA) is 52.1 Å². The van der Waals surface area contributed by atoms with Crippen LogP contribution in [0.3, 0.4) is 0 Å². The quantitative estimate of drug-likeness (QED) is 0.512. The van der Waals surface area contributed by atoms with Crippen LogP contribution in [0.25, 0.3) is 0 Å². The number of ether oxygens (including phenoxy) is 1. The van der Waals surface area contributed by atoms with Gasteiger partial charge in [0, 0.05) is 5.56 Å². The van der Waals surface area contributed by atoms with Gasteiger partial charge in [-0.15, -0.1) is 0 Å². The van der Waals surface area contributed by atoms with Crippen LogP contribution in [0.1, 0.15) is 43.7 Å². The molecule has 0 fully saturated rings. The molecule has 0 radical (unpaired) electrons. The van der Waals surface area contributed by atoms with Crippen molar-refractivity contribution in [2.24, 2.45) is 0 Å². The summed E-state index contributed by atoms with van der Waals surface area (Å²) in [5.74, 6) is 0.583. The van der Waals surface area contributed by atoms with E-state index < -0.39 is 0 Å². The fraction of sp³-hybridized carbons (Fsp3) is 0.190. The van der Waals surface area contributed by atoms with Crippen LogP contribution < -0.4 is 4.74 Å². The maximum atomic E-state index is 12.3. The Kier molecular flexibility index (Phi) is 9.65. The Labute approximate surface area is 159 Å². The molecule has 0 saturated heterocycles. The standard InChI is InChI=1S/C17H11ClN2O2.2C2H6/c18-17-15(16(21)12-7-3-1-4-8-12)19-11-14(20-17)22-13-9-5-2-6-10-13;2*1-2/h1-11H;2*1-2H3. The summed E-state index contributed by atoms with van der Waals surface area (Å²) in [6.45, 7) is 8.00. The van der Waals surface area contributed by atoms with Crippen LogP contribution >= 0.6 is 11.6 Å². The van der Waals surface area contributed by atoms with E-state index in [0.717, 1.165) is 0 Å². The third-order valence-corrected chi connectivity index (χ3v) is 3.19. The van der Waals surface area contributed by atoms with E-state index >= 15 is 0 Å². The second-order valence-corrected chi connectivity index (χ2v) is 4.82. The van der Waals surface area contributed by atoms with Crippen molar-refractivity contribution in [2.45, 2.75) is 27.7 Å². The molecule has 2 aromatic carbocycles. The summed E-state index contributed by atoms with van der Waals surface area (Å²) >= 11 is 6.07. The Morgan fingerprint density at radius 3 is 1.96 bits per heavy atom. The van der Waals surface area contributed by atoms with Gasteiger partial charge in [-0.25, -0.2) is 4.98 Å². The minimum Gasteiger partial charge on any atom is -0.437 e. The molecule has 3 rings (SSSR count). The van der Waals surface area contributed by atoms with Gasteiger partial charge in [0.25, 0.3) is 0 Å². The third-order valence-electron chi connectivity index (χ3n) is 2.92. The number of nitrogens with zero attached hydrogens (tertiary/aromatic N) is 2. The van der Waals surface area contributed by atoms with E-state index in [1.807, 2.05) is 52.0 Å². The van der Waals surface area contributed by atoms with E-state index in [2.05, 4.69) is 9.97 Å². The van der Waals surface area contributed by atoms with E-state index in [1.165, 1.54) is 6.20 Å². The molecule has 1 aromatic heterocycles. The van der Waals surface area contributed by atoms with E-state index in [-0.39, 0.29) is 22.5 Å². The zero-order chi connectivity index (χ0) is 19.4. The SMILES string of the molecule is CC.CC.O=C(c1ccccc1)c1ncc(Oc2ccccc2)nc1Cl. The van der Waals surface area contributed by atoms with Crippen molar-refractivity contribution in [1.82, 2.24) is 9.97 Å². The highest BCUT2D eigenvalue weighted by atomic mass is 35.5. The van der Waals surface area contributed by atoms with Crippen LogP contribution in [0, 0.1) is 0 Å². The number of hydrogen-bond acceptors (Lipinski definition) is 4. The maximum Gasteiger partial charge on any atom is 0.239 e. The first-order valence-electron chi connectivity index (χ1n) is 8.59. The molecule has 0 unspecified atom stereocenters. The molecule has 136 valence electrons. The Morgan fingerprint density at radius 2 is 1.42 bits per heavy atom. The average Bonchev–Trinajstić information content (AvgIpc) is 2.72. The van der Waals surface area contributed by atoms with Crippen molar-refractivity contribution in [2.75, 3.05) is 0 Å². The molecule has 0 atom stereocenters. The summed E-state index contributed by atoms with van der Waals surface area (Å²) in [4.78, 5) is 20.5. The van der Waals surface area contributed by atoms with Crippen LogP contribution in [0.5, 0.6) is 11.6 Å². The van der Waals surface area contributed by atoms with Gasteiger partial charge in [0.05, 0.1) is 6.20 Å². The highest BCUT2D eigenvalue weighted by Crippen LogP contribution is 2.22.